The lowest BCUT2D eigenvalue weighted by atomic mass is 9.98. The van der Waals surface area contributed by atoms with E-state index in [4.69, 9.17) is 10.2 Å². The van der Waals surface area contributed by atoms with Crippen LogP contribution in [0, 0.1) is 6.92 Å². The fourth-order valence-electron chi connectivity index (χ4n) is 3.40. The molecule has 142 valence electrons. The van der Waals surface area contributed by atoms with E-state index in [1.807, 2.05) is 43.3 Å². The lowest BCUT2D eigenvalue weighted by molar-refractivity contribution is -0.137. The number of furan rings is 1. The third-order valence-electron chi connectivity index (χ3n) is 4.64. The molecule has 3 aromatic carbocycles. The Morgan fingerprint density at radius 1 is 0.964 bits per heavy atom. The average Bonchev–Trinajstić information content (AvgIpc) is 2.94. The molecule has 3 nitrogen and oxygen atoms in total. The topological polar surface area (TPSA) is 59.4 Å². The molecular formula is C22H16F3NO2. The van der Waals surface area contributed by atoms with Crippen LogP contribution in [0.2, 0.25) is 0 Å². The molecule has 0 bridgehead atoms. The van der Waals surface area contributed by atoms with Gasteiger partial charge in [-0.05, 0) is 47.0 Å². The Kier molecular flexibility index (Phi) is 4.07. The van der Waals surface area contributed by atoms with Gasteiger partial charge in [-0.15, -0.1) is 0 Å². The molecule has 0 amide bonds. The van der Waals surface area contributed by atoms with Crippen molar-refractivity contribution in [2.75, 3.05) is 5.73 Å². The Hall–Kier alpha value is -3.41. The van der Waals surface area contributed by atoms with Gasteiger partial charge in [0.05, 0.1) is 11.1 Å². The molecule has 0 atom stereocenters. The van der Waals surface area contributed by atoms with E-state index >= 15 is 0 Å². The van der Waals surface area contributed by atoms with Gasteiger partial charge in [0.2, 0.25) is 5.88 Å². The number of alkyl halides is 3. The molecule has 1 aromatic heterocycles. The van der Waals surface area contributed by atoms with Gasteiger partial charge >= 0.3 is 6.18 Å². The highest BCUT2D eigenvalue weighted by Crippen LogP contribution is 2.47. The van der Waals surface area contributed by atoms with Crippen LogP contribution in [0.25, 0.3) is 33.2 Å². The Bertz CT molecular complexity index is 1190. The summed E-state index contributed by atoms with van der Waals surface area (Å²) in [4.78, 5) is 0. The first-order chi connectivity index (χ1) is 13.3. The van der Waals surface area contributed by atoms with Crippen molar-refractivity contribution in [2.24, 2.45) is 0 Å². The number of fused-ring (bicyclic) bond motifs is 1. The number of aryl methyl sites for hydroxylation is 1. The zero-order valence-electron chi connectivity index (χ0n) is 14.8. The van der Waals surface area contributed by atoms with Gasteiger partial charge in [-0.1, -0.05) is 42.5 Å². The van der Waals surface area contributed by atoms with Gasteiger partial charge in [0.25, 0.3) is 0 Å². The van der Waals surface area contributed by atoms with Gasteiger partial charge < -0.3 is 15.3 Å². The van der Waals surface area contributed by atoms with Crippen LogP contribution in [0.1, 0.15) is 11.1 Å². The Labute approximate surface area is 158 Å². The fourth-order valence-corrected chi connectivity index (χ4v) is 3.40. The maximum atomic E-state index is 13.1. The van der Waals surface area contributed by atoms with Crippen molar-refractivity contribution in [3.05, 3.63) is 71.8 Å². The summed E-state index contributed by atoms with van der Waals surface area (Å²) in [6.07, 6.45) is -4.50. The summed E-state index contributed by atoms with van der Waals surface area (Å²) < 4.78 is 44.8. The molecule has 0 aliphatic heterocycles. The number of hydrogen-bond donors (Lipinski definition) is 2. The minimum absolute atomic E-state index is 0.0479. The maximum absolute atomic E-state index is 13.1. The van der Waals surface area contributed by atoms with E-state index in [1.165, 1.54) is 12.1 Å². The van der Waals surface area contributed by atoms with Crippen LogP contribution in [-0.2, 0) is 6.18 Å². The Morgan fingerprint density at radius 3 is 2.46 bits per heavy atom. The van der Waals surface area contributed by atoms with Crippen molar-refractivity contribution in [1.29, 1.82) is 0 Å². The second-order valence-corrected chi connectivity index (χ2v) is 6.63. The second-order valence-electron chi connectivity index (χ2n) is 6.63. The molecule has 0 saturated carbocycles. The molecule has 6 heteroatoms. The predicted octanol–water partition coefficient (Wildman–Crippen LogP) is 6.38. The van der Waals surface area contributed by atoms with Crippen LogP contribution < -0.4 is 5.73 Å². The van der Waals surface area contributed by atoms with Crippen LogP contribution in [0.3, 0.4) is 0 Å². The van der Waals surface area contributed by atoms with Crippen LogP contribution in [0.4, 0.5) is 19.1 Å². The molecule has 4 rings (SSSR count). The summed E-state index contributed by atoms with van der Waals surface area (Å²) in [5.74, 6) is -0.296. The first kappa shape index (κ1) is 18.0. The highest BCUT2D eigenvalue weighted by atomic mass is 19.4. The molecule has 28 heavy (non-hydrogen) atoms. The lowest BCUT2D eigenvalue weighted by Gasteiger charge is -2.09. The zero-order chi connectivity index (χ0) is 20.1. The van der Waals surface area contributed by atoms with E-state index in [1.54, 1.807) is 0 Å². The number of hydrogen-bond acceptors (Lipinski definition) is 3. The quantitative estimate of drug-likeness (QED) is 0.422. The van der Waals surface area contributed by atoms with E-state index in [0.717, 1.165) is 28.5 Å². The fraction of sp³-hybridized carbons (Fsp3) is 0.0909. The standard InChI is InChI=1S/C22H16F3NO2/c1-12-9-13-5-2-3-8-16(13)17(10-12)20-19(27)18(21(26)28-20)14-6-4-7-15(11-14)22(23,24)25/h2-11,27H,26H2,1H3. The number of nitrogen functional groups attached to an aromatic ring is 1. The van der Waals surface area contributed by atoms with E-state index in [-0.39, 0.29) is 28.5 Å². The van der Waals surface area contributed by atoms with Crippen LogP contribution in [0.5, 0.6) is 5.75 Å². The summed E-state index contributed by atoms with van der Waals surface area (Å²) in [5, 5.41) is 12.6. The molecule has 0 radical (unpaired) electrons. The van der Waals surface area contributed by atoms with Gasteiger partial charge in [0.15, 0.2) is 11.5 Å². The first-order valence-corrected chi connectivity index (χ1v) is 8.54. The van der Waals surface area contributed by atoms with E-state index in [9.17, 15) is 18.3 Å². The number of nitrogens with two attached hydrogens (primary N) is 1. The van der Waals surface area contributed by atoms with Gasteiger partial charge in [-0.2, -0.15) is 13.2 Å². The summed E-state index contributed by atoms with van der Waals surface area (Å²) >= 11 is 0. The van der Waals surface area contributed by atoms with Crippen LogP contribution in [0.15, 0.2) is 65.1 Å². The molecule has 1 heterocycles. The van der Waals surface area contributed by atoms with Crippen molar-refractivity contribution >= 4 is 16.7 Å². The minimum atomic E-state index is -4.50. The monoisotopic (exact) mass is 383 g/mol. The number of anilines is 1. The van der Waals surface area contributed by atoms with Gasteiger partial charge in [-0.3, -0.25) is 0 Å². The number of halogens is 3. The van der Waals surface area contributed by atoms with Gasteiger partial charge in [0.1, 0.15) is 0 Å². The second kappa shape index (κ2) is 6.34. The van der Waals surface area contributed by atoms with Crippen molar-refractivity contribution in [3.63, 3.8) is 0 Å². The summed E-state index contributed by atoms with van der Waals surface area (Å²) in [7, 11) is 0. The Morgan fingerprint density at radius 2 is 1.71 bits per heavy atom. The predicted molar refractivity (Wildman–Crippen MR) is 103 cm³/mol. The zero-order valence-corrected chi connectivity index (χ0v) is 14.8. The smallest absolute Gasteiger partial charge is 0.416 e. The first-order valence-electron chi connectivity index (χ1n) is 8.54. The highest BCUT2D eigenvalue weighted by Gasteiger charge is 2.31. The molecule has 0 saturated heterocycles. The summed E-state index contributed by atoms with van der Waals surface area (Å²) in [6.45, 7) is 1.91. The molecule has 4 aromatic rings. The molecule has 0 fully saturated rings. The third-order valence-corrected chi connectivity index (χ3v) is 4.64. The summed E-state index contributed by atoms with van der Waals surface area (Å²) in [6, 6.07) is 16.0. The van der Waals surface area contributed by atoms with E-state index in [2.05, 4.69) is 0 Å². The molecule has 3 N–H and O–H groups in total. The third kappa shape index (κ3) is 2.97. The SMILES string of the molecule is Cc1cc(-c2oc(N)c(-c3cccc(C(F)(F)F)c3)c2O)c2ccccc2c1. The van der Waals surface area contributed by atoms with Crippen molar-refractivity contribution in [1.82, 2.24) is 0 Å². The molecule has 0 aliphatic carbocycles. The van der Waals surface area contributed by atoms with Crippen molar-refractivity contribution in [3.8, 4) is 28.2 Å². The van der Waals surface area contributed by atoms with E-state index in [0.29, 0.717) is 5.56 Å². The normalized spacial score (nSPS) is 11.9. The number of benzene rings is 3. The number of aromatic hydroxyl groups is 1. The maximum Gasteiger partial charge on any atom is 0.416 e. The van der Waals surface area contributed by atoms with Gasteiger partial charge in [-0.25, -0.2) is 0 Å². The largest absolute Gasteiger partial charge is 0.504 e. The van der Waals surface area contributed by atoms with Crippen LogP contribution in [-0.4, -0.2) is 5.11 Å². The van der Waals surface area contributed by atoms with E-state index < -0.39 is 11.7 Å². The van der Waals surface area contributed by atoms with Gasteiger partial charge in [0, 0.05) is 5.56 Å². The lowest BCUT2D eigenvalue weighted by Crippen LogP contribution is -2.04. The molecule has 0 aliphatic rings. The summed E-state index contributed by atoms with van der Waals surface area (Å²) in [5.41, 5.74) is 6.87. The minimum Gasteiger partial charge on any atom is -0.504 e. The molecule has 0 unspecified atom stereocenters. The van der Waals surface area contributed by atoms with Crippen molar-refractivity contribution in [2.45, 2.75) is 13.1 Å². The number of rotatable bonds is 2. The molecular weight excluding hydrogens is 367 g/mol. The Balaban J connectivity index is 1.93. The van der Waals surface area contributed by atoms with Crippen molar-refractivity contribution < 1.29 is 22.7 Å². The highest BCUT2D eigenvalue weighted by molar-refractivity contribution is 5.99. The van der Waals surface area contributed by atoms with Crippen LogP contribution >= 0.6 is 0 Å². The molecule has 0 spiro atoms. The average molecular weight is 383 g/mol.